The number of hydrogen-bond acceptors (Lipinski definition) is 5. The first-order valence-corrected chi connectivity index (χ1v) is 12.5. The molecule has 1 aliphatic carbocycles. The highest BCUT2D eigenvalue weighted by atomic mass is 16.5. The van der Waals surface area contributed by atoms with E-state index in [-0.39, 0.29) is 37.0 Å². The average molecular weight is 459 g/mol. The maximum Gasteiger partial charge on any atom is 0.223 e. The Morgan fingerprint density at radius 2 is 1.50 bits per heavy atom. The van der Waals surface area contributed by atoms with Gasteiger partial charge in [0.2, 0.25) is 11.8 Å². The molecule has 32 heavy (non-hydrogen) atoms. The number of nitrogens with zero attached hydrogens (tertiary/aromatic N) is 1. The van der Waals surface area contributed by atoms with Crippen molar-refractivity contribution in [2.45, 2.75) is 99.1 Å². The number of amides is 2. The number of rotatable bonds is 14. The van der Waals surface area contributed by atoms with E-state index in [1.165, 1.54) is 0 Å². The Kier molecular flexibility index (Phi) is 17.2. The molecule has 0 aromatic carbocycles. The normalized spacial score (nSPS) is 18.2. The van der Waals surface area contributed by atoms with Crippen LogP contribution in [0.3, 0.4) is 0 Å². The first kappa shape index (κ1) is 30.5. The first-order valence-electron chi connectivity index (χ1n) is 12.5. The Balaban J connectivity index is 0. The van der Waals surface area contributed by atoms with Gasteiger partial charge in [0.25, 0.3) is 0 Å². The smallest absolute Gasteiger partial charge is 0.223 e. The Morgan fingerprint density at radius 1 is 0.938 bits per heavy atom. The highest BCUT2D eigenvalue weighted by molar-refractivity contribution is 5.78. The van der Waals surface area contributed by atoms with Crippen molar-refractivity contribution in [2.75, 3.05) is 33.0 Å². The molecule has 190 valence electrons. The number of hydrogen-bond donors (Lipinski definition) is 1. The summed E-state index contributed by atoms with van der Waals surface area (Å²) in [4.78, 5) is 37.5. The van der Waals surface area contributed by atoms with Gasteiger partial charge < -0.3 is 19.7 Å². The van der Waals surface area contributed by atoms with Crippen molar-refractivity contribution in [1.29, 1.82) is 0 Å². The van der Waals surface area contributed by atoms with Crippen LogP contribution in [0, 0.1) is 11.8 Å². The fourth-order valence-corrected chi connectivity index (χ4v) is 3.73. The summed E-state index contributed by atoms with van der Waals surface area (Å²) in [7, 11) is 0. The molecule has 1 N–H and O–H groups in total. The lowest BCUT2D eigenvalue weighted by atomic mass is 9.84. The number of nitrogens with one attached hydrogen (secondary N) is 1. The van der Waals surface area contributed by atoms with Crippen molar-refractivity contribution in [3.8, 4) is 0 Å². The summed E-state index contributed by atoms with van der Waals surface area (Å²) in [5, 5.41) is 3.04. The van der Waals surface area contributed by atoms with Crippen LogP contribution in [0.5, 0.6) is 0 Å². The molecule has 7 heteroatoms. The van der Waals surface area contributed by atoms with E-state index in [2.05, 4.69) is 5.32 Å². The fraction of sp³-hybridized carbons (Fsp3) is 0.880. The maximum absolute atomic E-state index is 12.2. The molecule has 0 atom stereocenters. The zero-order chi connectivity index (χ0) is 24.5. The molecule has 2 amide bonds. The third-order valence-corrected chi connectivity index (χ3v) is 5.52. The van der Waals surface area contributed by atoms with Crippen LogP contribution < -0.4 is 5.32 Å². The molecule has 0 saturated heterocycles. The van der Waals surface area contributed by atoms with Crippen LogP contribution in [0.25, 0.3) is 0 Å². The fourth-order valence-electron chi connectivity index (χ4n) is 3.73. The molecule has 0 unspecified atom stereocenters. The Bertz CT molecular complexity index is 535. The second-order valence-corrected chi connectivity index (χ2v) is 8.98. The number of carbonyl (C=O) groups is 3. The third-order valence-electron chi connectivity index (χ3n) is 5.52. The lowest BCUT2D eigenvalue weighted by molar-refractivity contribution is -0.134. The average Bonchev–Trinajstić information content (AvgIpc) is 2.73. The quantitative estimate of drug-likeness (QED) is 0.394. The number of ketones is 1. The van der Waals surface area contributed by atoms with Gasteiger partial charge in [-0.05, 0) is 52.4 Å². The largest absolute Gasteiger partial charge is 0.379 e. The van der Waals surface area contributed by atoms with Gasteiger partial charge >= 0.3 is 0 Å². The standard InChI is InChI=1S/C23H42N2O5.C2H6.H2/c1-17(2)16-23(28)25(18(3)4)11-13-30-15-14-29-12-10-22(27)24-21-8-6-20(7-9-21)19(5)26;1-2;/h17-18,20-21H,6-16H2,1-5H3,(H,24,27);1-2H3;1H. The lowest BCUT2D eigenvalue weighted by Gasteiger charge is -2.27. The van der Waals surface area contributed by atoms with Gasteiger partial charge in [0.05, 0.1) is 26.4 Å². The van der Waals surface area contributed by atoms with E-state index in [1.54, 1.807) is 6.92 Å². The summed E-state index contributed by atoms with van der Waals surface area (Å²) < 4.78 is 11.1. The van der Waals surface area contributed by atoms with E-state index in [0.717, 1.165) is 25.7 Å². The number of Topliss-reactive ketones (excluding diaryl/α,β-unsaturated/α-hetero) is 1. The Hall–Kier alpha value is -1.47. The van der Waals surface area contributed by atoms with E-state index in [4.69, 9.17) is 9.47 Å². The van der Waals surface area contributed by atoms with E-state index in [1.807, 2.05) is 46.4 Å². The molecule has 0 aromatic heterocycles. The van der Waals surface area contributed by atoms with Crippen molar-refractivity contribution in [3.05, 3.63) is 0 Å². The van der Waals surface area contributed by atoms with Crippen molar-refractivity contribution in [3.63, 3.8) is 0 Å². The zero-order valence-electron chi connectivity index (χ0n) is 21.6. The molecule has 0 spiro atoms. The predicted octanol–water partition coefficient (Wildman–Crippen LogP) is 4.23. The van der Waals surface area contributed by atoms with E-state index < -0.39 is 0 Å². The van der Waals surface area contributed by atoms with Crippen LogP contribution in [0.2, 0.25) is 0 Å². The van der Waals surface area contributed by atoms with Crippen LogP contribution in [-0.2, 0) is 23.9 Å². The summed E-state index contributed by atoms with van der Waals surface area (Å²) in [5.74, 6) is 0.941. The van der Waals surface area contributed by atoms with Gasteiger partial charge in [0.1, 0.15) is 5.78 Å². The monoisotopic (exact) mass is 458 g/mol. The van der Waals surface area contributed by atoms with Gasteiger partial charge in [-0.3, -0.25) is 14.4 Å². The minimum atomic E-state index is -0.00145. The van der Waals surface area contributed by atoms with Crippen molar-refractivity contribution in [2.24, 2.45) is 11.8 Å². The highest BCUT2D eigenvalue weighted by Crippen LogP contribution is 2.24. The molecule has 0 radical (unpaired) electrons. The second-order valence-electron chi connectivity index (χ2n) is 8.98. The molecule has 1 fully saturated rings. The molecule has 1 aliphatic rings. The maximum atomic E-state index is 12.2. The summed E-state index contributed by atoms with van der Waals surface area (Å²) in [6.07, 6.45) is 4.37. The van der Waals surface area contributed by atoms with E-state index in [9.17, 15) is 14.4 Å². The minimum absolute atomic E-state index is 0. The Labute approximate surface area is 197 Å². The molecular weight excluding hydrogens is 408 g/mol. The van der Waals surface area contributed by atoms with Gasteiger partial charge in [-0.25, -0.2) is 0 Å². The zero-order valence-corrected chi connectivity index (χ0v) is 21.6. The first-order chi connectivity index (χ1) is 15.2. The van der Waals surface area contributed by atoms with Gasteiger partial charge in [-0.1, -0.05) is 27.7 Å². The van der Waals surface area contributed by atoms with Crippen LogP contribution >= 0.6 is 0 Å². The van der Waals surface area contributed by atoms with Crippen LogP contribution in [0.4, 0.5) is 0 Å². The van der Waals surface area contributed by atoms with Crippen molar-refractivity contribution in [1.82, 2.24) is 10.2 Å². The van der Waals surface area contributed by atoms with Gasteiger partial charge in [0, 0.05) is 38.8 Å². The van der Waals surface area contributed by atoms with Crippen molar-refractivity contribution < 1.29 is 25.3 Å². The molecular formula is C25H50N2O5. The van der Waals surface area contributed by atoms with Crippen LogP contribution in [0.15, 0.2) is 0 Å². The summed E-state index contributed by atoms with van der Waals surface area (Å²) in [6, 6.07) is 0.339. The molecule has 0 heterocycles. The predicted molar refractivity (Wildman–Crippen MR) is 131 cm³/mol. The topological polar surface area (TPSA) is 84.9 Å². The Morgan fingerprint density at radius 3 is 2.00 bits per heavy atom. The number of carbonyl (C=O) groups excluding carboxylic acids is 3. The minimum Gasteiger partial charge on any atom is -0.379 e. The second kappa shape index (κ2) is 18.0. The van der Waals surface area contributed by atoms with Crippen LogP contribution in [0.1, 0.15) is 88.4 Å². The van der Waals surface area contributed by atoms with E-state index in [0.29, 0.717) is 51.7 Å². The summed E-state index contributed by atoms with van der Waals surface area (Å²) >= 11 is 0. The molecule has 7 nitrogen and oxygen atoms in total. The van der Waals surface area contributed by atoms with Gasteiger partial charge in [0.15, 0.2) is 0 Å². The van der Waals surface area contributed by atoms with Crippen molar-refractivity contribution >= 4 is 17.6 Å². The molecule has 0 aliphatic heterocycles. The molecule has 1 rings (SSSR count). The van der Waals surface area contributed by atoms with Crippen LogP contribution in [-0.4, -0.2) is 67.6 Å². The lowest BCUT2D eigenvalue weighted by Crippen LogP contribution is -2.40. The molecule has 1 saturated carbocycles. The van der Waals surface area contributed by atoms with E-state index >= 15 is 0 Å². The van der Waals surface area contributed by atoms with Gasteiger partial charge in [-0.2, -0.15) is 0 Å². The third kappa shape index (κ3) is 13.8. The summed E-state index contributed by atoms with van der Waals surface area (Å²) in [5.41, 5.74) is 0. The summed E-state index contributed by atoms with van der Waals surface area (Å²) in [6.45, 7) is 16.1. The highest BCUT2D eigenvalue weighted by Gasteiger charge is 2.24. The molecule has 0 bridgehead atoms. The van der Waals surface area contributed by atoms with Gasteiger partial charge in [-0.15, -0.1) is 0 Å². The molecule has 0 aromatic rings. The SMILES string of the molecule is CC.CC(=O)C1CCC(NC(=O)CCOCCOCCN(C(=O)CC(C)C)C(C)C)CC1.[HH]. The number of ether oxygens (including phenoxy) is 2.